The SMILES string of the molecule is CCOC(=O)CN1CCC(Oc2cccc(-c3ccc(N4CCc5cccc(C(=O)Nc6nc7ccccc7s6)c5C4)nc3C(=O)OC(C)(C)C)c2C)CC1.CCOC(=O)CN1CCC(Oc2cccc(Br)c2C)CC1. The van der Waals surface area contributed by atoms with Gasteiger partial charge in [0, 0.05) is 60.4 Å². The number of benzene rings is 4. The van der Waals surface area contributed by atoms with Gasteiger partial charge in [-0.15, -0.1) is 0 Å². The third kappa shape index (κ3) is 14.5. The number of hydrogen-bond acceptors (Lipinski definition) is 15. The highest BCUT2D eigenvalue weighted by Crippen LogP contribution is 2.37. The molecule has 15 nitrogen and oxygen atoms in total. The number of hydrogen-bond donors (Lipinski definition) is 1. The van der Waals surface area contributed by atoms with E-state index in [1.54, 1.807) is 0 Å². The van der Waals surface area contributed by atoms with Gasteiger partial charge in [0.15, 0.2) is 10.8 Å². The molecule has 2 aromatic heterocycles. The Bertz CT molecular complexity index is 2980. The average molecular weight is 1120 g/mol. The number of carbonyl (C=O) groups excluding carboxylic acids is 4. The van der Waals surface area contributed by atoms with E-state index in [0.29, 0.717) is 61.3 Å². The van der Waals surface area contributed by atoms with Crippen molar-refractivity contribution in [2.45, 2.75) is 105 Å². The lowest BCUT2D eigenvalue weighted by Gasteiger charge is -2.32. The van der Waals surface area contributed by atoms with Crippen LogP contribution in [0.1, 0.15) is 103 Å². The second-order valence-electron chi connectivity index (χ2n) is 20.2. The van der Waals surface area contributed by atoms with Crippen molar-refractivity contribution in [2.75, 3.05) is 69.2 Å². The number of pyridine rings is 1. The first-order valence-corrected chi connectivity index (χ1v) is 27.9. The molecule has 0 bridgehead atoms. The van der Waals surface area contributed by atoms with Gasteiger partial charge in [0.05, 0.1) is 36.5 Å². The van der Waals surface area contributed by atoms with E-state index in [4.69, 9.17) is 28.7 Å². The molecule has 9 rings (SSSR count). The summed E-state index contributed by atoms with van der Waals surface area (Å²) in [5.74, 6) is 1.23. The van der Waals surface area contributed by atoms with Crippen molar-refractivity contribution in [1.82, 2.24) is 19.8 Å². The van der Waals surface area contributed by atoms with Crippen LogP contribution < -0.4 is 19.7 Å². The number of fused-ring (bicyclic) bond motifs is 2. The molecule has 76 heavy (non-hydrogen) atoms. The Labute approximate surface area is 458 Å². The Morgan fingerprint density at radius 3 is 1.92 bits per heavy atom. The van der Waals surface area contributed by atoms with E-state index in [0.717, 1.165) is 106 Å². The standard InChI is InChI=1S/C43H47N5O6S.C16H22BrNO3/c1-6-52-38(49)26-47-22-20-29(21-23-47)53-35-15-10-12-30(27(35)2)31-17-18-37(45-39(31)41(51)54-43(3,4)5)48-24-19-28-11-9-13-32(33(28)25-48)40(50)46-42-44-34-14-7-8-16-36(34)55-42;1-3-20-16(19)11-18-9-7-13(8-10-18)21-15-6-4-5-14(17)12(15)2/h7-18,29H,6,19-26H2,1-5H3,(H,44,46,50);4-6,13H,3,7-11H2,1-2H3. The third-order valence-electron chi connectivity index (χ3n) is 13.6. The monoisotopic (exact) mass is 1120 g/mol. The number of thiazole rings is 1. The normalized spacial score (nSPS) is 15.5. The van der Waals surface area contributed by atoms with Crippen molar-refractivity contribution in [1.29, 1.82) is 0 Å². The van der Waals surface area contributed by atoms with E-state index in [1.807, 2.05) is 126 Å². The van der Waals surface area contributed by atoms with Crippen LogP contribution in [0.4, 0.5) is 10.9 Å². The lowest BCUT2D eigenvalue weighted by Crippen LogP contribution is -2.41. The van der Waals surface area contributed by atoms with Crippen LogP contribution in [0.15, 0.2) is 95.5 Å². The molecule has 0 atom stereocenters. The van der Waals surface area contributed by atoms with Gasteiger partial charge < -0.3 is 28.6 Å². The zero-order valence-electron chi connectivity index (χ0n) is 44.6. The number of nitrogens with one attached hydrogen (secondary N) is 1. The third-order valence-corrected chi connectivity index (χ3v) is 15.4. The van der Waals surface area contributed by atoms with Crippen LogP contribution in [-0.2, 0) is 36.8 Å². The molecule has 3 aliphatic rings. The van der Waals surface area contributed by atoms with E-state index in [-0.39, 0.29) is 42.3 Å². The van der Waals surface area contributed by atoms with Gasteiger partial charge >= 0.3 is 17.9 Å². The number of esters is 3. The topological polar surface area (TPSA) is 162 Å². The summed E-state index contributed by atoms with van der Waals surface area (Å²) >= 11 is 4.97. The molecule has 1 N–H and O–H groups in total. The van der Waals surface area contributed by atoms with E-state index >= 15 is 0 Å². The van der Waals surface area contributed by atoms with Crippen molar-refractivity contribution in [3.05, 3.63) is 129 Å². The summed E-state index contributed by atoms with van der Waals surface area (Å²) in [5.41, 5.74) is 6.45. The van der Waals surface area contributed by atoms with E-state index < -0.39 is 11.6 Å². The second-order valence-corrected chi connectivity index (χ2v) is 22.1. The molecule has 0 spiro atoms. The Kier molecular flexibility index (Phi) is 18.8. The van der Waals surface area contributed by atoms with Crippen LogP contribution in [0.2, 0.25) is 0 Å². The summed E-state index contributed by atoms with van der Waals surface area (Å²) < 4.78 is 30.7. The van der Waals surface area contributed by atoms with Gasteiger partial charge in [0.1, 0.15) is 35.1 Å². The molecule has 5 heterocycles. The van der Waals surface area contributed by atoms with Crippen molar-refractivity contribution < 1.29 is 42.9 Å². The maximum absolute atomic E-state index is 13.9. The zero-order chi connectivity index (χ0) is 53.9. The minimum atomic E-state index is -0.732. The van der Waals surface area contributed by atoms with Gasteiger partial charge in [-0.1, -0.05) is 69.7 Å². The highest BCUT2D eigenvalue weighted by molar-refractivity contribution is 9.10. The Morgan fingerprint density at radius 2 is 1.30 bits per heavy atom. The molecule has 17 heteroatoms. The van der Waals surface area contributed by atoms with E-state index in [9.17, 15) is 19.2 Å². The number of likely N-dealkylation sites (tertiary alicyclic amines) is 2. The molecule has 2 saturated heterocycles. The molecule has 0 saturated carbocycles. The van der Waals surface area contributed by atoms with Gasteiger partial charge in [0.25, 0.3) is 5.91 Å². The Hall–Kier alpha value is -6.40. The molecule has 0 aliphatic carbocycles. The van der Waals surface area contributed by atoms with Gasteiger partial charge in [-0.25, -0.2) is 14.8 Å². The summed E-state index contributed by atoms with van der Waals surface area (Å²) in [7, 11) is 0. The molecule has 0 unspecified atom stereocenters. The van der Waals surface area contributed by atoms with Crippen molar-refractivity contribution >= 4 is 72.2 Å². The number of ether oxygens (including phenoxy) is 5. The molecule has 402 valence electrons. The first-order chi connectivity index (χ1) is 36.5. The van der Waals surface area contributed by atoms with Gasteiger partial charge in [-0.3, -0.25) is 29.5 Å². The fourth-order valence-electron chi connectivity index (χ4n) is 9.66. The van der Waals surface area contributed by atoms with Crippen molar-refractivity contribution in [2.24, 2.45) is 0 Å². The number of para-hydroxylation sites is 1. The van der Waals surface area contributed by atoms with Crippen LogP contribution >= 0.6 is 27.3 Å². The number of anilines is 2. The molecule has 4 aromatic carbocycles. The average Bonchev–Trinajstić information content (AvgIpc) is 3.82. The minimum absolute atomic E-state index is 0.00613. The zero-order valence-corrected chi connectivity index (χ0v) is 47.0. The fraction of sp³-hybridized carbons (Fsp3) is 0.424. The highest BCUT2D eigenvalue weighted by atomic mass is 79.9. The highest BCUT2D eigenvalue weighted by Gasteiger charge is 2.30. The number of piperidine rings is 2. The number of amides is 1. The molecular formula is C59H69BrN6O9S. The number of rotatable bonds is 15. The van der Waals surface area contributed by atoms with Gasteiger partial charge in [-0.2, -0.15) is 0 Å². The number of halogens is 1. The van der Waals surface area contributed by atoms with Gasteiger partial charge in [-0.05, 0) is 151 Å². The lowest BCUT2D eigenvalue weighted by molar-refractivity contribution is -0.145. The van der Waals surface area contributed by atoms with Crippen molar-refractivity contribution in [3.8, 4) is 22.6 Å². The second kappa shape index (κ2) is 25.6. The van der Waals surface area contributed by atoms with Gasteiger partial charge in [0.2, 0.25) is 0 Å². The predicted molar refractivity (Wildman–Crippen MR) is 301 cm³/mol. The number of aromatic nitrogens is 2. The molecule has 1 amide bonds. The van der Waals surface area contributed by atoms with Crippen LogP contribution in [0.25, 0.3) is 21.3 Å². The first-order valence-electron chi connectivity index (χ1n) is 26.3. The Morgan fingerprint density at radius 1 is 0.697 bits per heavy atom. The van der Waals surface area contributed by atoms with Crippen LogP contribution in [0, 0.1) is 13.8 Å². The first kappa shape index (κ1) is 55.8. The van der Waals surface area contributed by atoms with E-state index in [2.05, 4.69) is 53.9 Å². The van der Waals surface area contributed by atoms with Crippen LogP contribution in [0.3, 0.4) is 0 Å². The smallest absolute Gasteiger partial charge is 0.358 e. The largest absolute Gasteiger partial charge is 0.490 e. The molecule has 0 radical (unpaired) electrons. The van der Waals surface area contributed by atoms with Crippen LogP contribution in [-0.4, -0.2) is 120 Å². The van der Waals surface area contributed by atoms with Crippen molar-refractivity contribution in [3.63, 3.8) is 0 Å². The maximum Gasteiger partial charge on any atom is 0.358 e. The van der Waals surface area contributed by atoms with E-state index in [1.165, 1.54) is 11.3 Å². The summed E-state index contributed by atoms with van der Waals surface area (Å²) in [6, 6.07) is 29.4. The summed E-state index contributed by atoms with van der Waals surface area (Å²) in [6.45, 7) is 19.1. The number of nitrogens with zero attached hydrogens (tertiary/aromatic N) is 5. The molecule has 3 aliphatic heterocycles. The summed E-state index contributed by atoms with van der Waals surface area (Å²) in [4.78, 5) is 66.9. The maximum atomic E-state index is 13.9. The minimum Gasteiger partial charge on any atom is -0.490 e. The predicted octanol–water partition coefficient (Wildman–Crippen LogP) is 11.0. The Balaban J connectivity index is 0.000000305. The fourth-order valence-corrected chi connectivity index (χ4v) is 10.9. The molecule has 6 aromatic rings. The number of carbonyl (C=O) groups is 4. The summed E-state index contributed by atoms with van der Waals surface area (Å²) in [5, 5.41) is 3.57. The molecule has 2 fully saturated rings. The quantitative estimate of drug-likeness (QED) is 0.0763. The lowest BCUT2D eigenvalue weighted by atomic mass is 9.94. The molecular weight excluding hydrogens is 1050 g/mol. The van der Waals surface area contributed by atoms with Crippen LogP contribution in [0.5, 0.6) is 11.5 Å². The summed E-state index contributed by atoms with van der Waals surface area (Å²) in [6.07, 6.45) is 4.36.